The van der Waals surface area contributed by atoms with Crippen LogP contribution in [0.3, 0.4) is 0 Å². The van der Waals surface area contributed by atoms with Gasteiger partial charge in [0.1, 0.15) is 5.82 Å². The second kappa shape index (κ2) is 10.9. The molecule has 0 saturated heterocycles. The number of rotatable bonds is 9. The van der Waals surface area contributed by atoms with Crippen LogP contribution >= 0.6 is 0 Å². The van der Waals surface area contributed by atoms with E-state index < -0.39 is 23.1 Å². The minimum absolute atomic E-state index is 0.0541. The van der Waals surface area contributed by atoms with Crippen molar-refractivity contribution in [2.45, 2.75) is 19.9 Å². The number of anilines is 2. The Labute approximate surface area is 178 Å². The normalized spacial score (nSPS) is 10.9. The largest absolute Gasteiger partial charge is 0.465 e. The first-order chi connectivity index (χ1) is 14.8. The minimum Gasteiger partial charge on any atom is -0.465 e. The number of methoxy groups -OCH3 is 2. The van der Waals surface area contributed by atoms with Crippen molar-refractivity contribution in [2.75, 3.05) is 38.0 Å². The Bertz CT molecular complexity index is 1070. The van der Waals surface area contributed by atoms with Crippen LogP contribution in [-0.2, 0) is 20.8 Å². The highest BCUT2D eigenvalue weighted by Crippen LogP contribution is 2.18. The molecule has 0 unspecified atom stereocenters. The first kappa shape index (κ1) is 23.6. The predicted octanol–water partition coefficient (Wildman–Crippen LogP) is 1.01. The lowest BCUT2D eigenvalue weighted by Crippen LogP contribution is -2.42. The molecular formula is C21H26N4O6. The molecule has 3 N–H and O–H groups in total. The zero-order valence-electron chi connectivity index (χ0n) is 17.7. The fourth-order valence-electron chi connectivity index (χ4n) is 2.90. The van der Waals surface area contributed by atoms with E-state index in [0.29, 0.717) is 24.1 Å². The van der Waals surface area contributed by atoms with Crippen LogP contribution in [-0.4, -0.2) is 48.8 Å². The van der Waals surface area contributed by atoms with Crippen LogP contribution in [0.1, 0.15) is 29.3 Å². The van der Waals surface area contributed by atoms with Crippen molar-refractivity contribution < 1.29 is 19.1 Å². The van der Waals surface area contributed by atoms with Crippen molar-refractivity contribution in [3.05, 3.63) is 62.3 Å². The molecule has 0 fully saturated rings. The van der Waals surface area contributed by atoms with E-state index in [4.69, 9.17) is 10.5 Å². The Morgan fingerprint density at radius 3 is 2.45 bits per heavy atom. The van der Waals surface area contributed by atoms with Crippen LogP contribution in [0.5, 0.6) is 0 Å². The summed E-state index contributed by atoms with van der Waals surface area (Å²) in [6.07, 6.45) is 3.43. The van der Waals surface area contributed by atoms with E-state index in [0.717, 1.165) is 0 Å². The Kier molecular flexibility index (Phi) is 8.33. The first-order valence-corrected chi connectivity index (χ1v) is 9.63. The molecule has 0 saturated carbocycles. The molecule has 0 bridgehead atoms. The van der Waals surface area contributed by atoms with Gasteiger partial charge in [0.15, 0.2) is 5.69 Å². The summed E-state index contributed by atoms with van der Waals surface area (Å²) in [5.74, 6) is -1.07. The number of nitrogen functional groups attached to an aromatic ring is 1. The third-order valence-electron chi connectivity index (χ3n) is 4.47. The number of hydrogen-bond donors (Lipinski definition) is 2. The molecule has 2 rings (SSSR count). The molecule has 1 aromatic carbocycles. The topological polar surface area (TPSA) is 137 Å². The maximum absolute atomic E-state index is 12.9. The average molecular weight is 430 g/mol. The van der Waals surface area contributed by atoms with Crippen molar-refractivity contribution in [2.24, 2.45) is 0 Å². The van der Waals surface area contributed by atoms with Gasteiger partial charge in [-0.25, -0.2) is 9.59 Å². The van der Waals surface area contributed by atoms with Gasteiger partial charge in [0.05, 0.1) is 19.3 Å². The number of benzene rings is 1. The Morgan fingerprint density at radius 1 is 1.19 bits per heavy atom. The van der Waals surface area contributed by atoms with E-state index in [-0.39, 0.29) is 24.7 Å². The number of hydrogen-bond acceptors (Lipinski definition) is 7. The van der Waals surface area contributed by atoms with Crippen LogP contribution in [0.2, 0.25) is 0 Å². The van der Waals surface area contributed by atoms with Gasteiger partial charge in [0, 0.05) is 26.3 Å². The lowest BCUT2D eigenvalue weighted by molar-refractivity contribution is -0.114. The van der Waals surface area contributed by atoms with Gasteiger partial charge < -0.3 is 15.2 Å². The van der Waals surface area contributed by atoms with Crippen molar-refractivity contribution in [3.8, 4) is 0 Å². The molecule has 0 aliphatic rings. The zero-order valence-corrected chi connectivity index (χ0v) is 17.7. The number of nitrogens with one attached hydrogen (secondary N) is 1. The number of carbonyl (C=O) groups excluding carboxylic acids is 2. The third-order valence-corrected chi connectivity index (χ3v) is 4.47. The van der Waals surface area contributed by atoms with Crippen LogP contribution in [0.15, 0.2) is 39.9 Å². The predicted molar refractivity (Wildman–Crippen MR) is 117 cm³/mol. The summed E-state index contributed by atoms with van der Waals surface area (Å²) in [6.45, 7) is 2.36. The second-order valence-corrected chi connectivity index (χ2v) is 6.57. The summed E-state index contributed by atoms with van der Waals surface area (Å²) >= 11 is 0. The van der Waals surface area contributed by atoms with Crippen molar-refractivity contribution in [1.29, 1.82) is 0 Å². The second-order valence-electron chi connectivity index (χ2n) is 6.57. The molecule has 0 radical (unpaired) electrons. The number of esters is 1. The molecule has 0 aliphatic carbocycles. The first-order valence-electron chi connectivity index (χ1n) is 9.63. The number of amides is 1. The van der Waals surface area contributed by atoms with Gasteiger partial charge in [-0.1, -0.05) is 19.1 Å². The van der Waals surface area contributed by atoms with Crippen molar-refractivity contribution in [1.82, 2.24) is 9.55 Å². The molecule has 1 amide bonds. The standard InChI is InChI=1S/C21H26N4O6/c1-4-11-25-18(22)17(19(27)23-21(25)29)24(12-13-30-2)16(26)10-7-14-5-8-15(9-6-14)20(28)31-3/h5-10H,4,11-13,22H2,1-3H3,(H,23,27,29)/b10-7+. The van der Waals surface area contributed by atoms with E-state index in [1.807, 2.05) is 6.92 Å². The molecule has 166 valence electrons. The molecule has 31 heavy (non-hydrogen) atoms. The molecule has 10 heteroatoms. The quantitative estimate of drug-likeness (QED) is 0.447. The number of carbonyl (C=O) groups is 2. The van der Waals surface area contributed by atoms with E-state index in [1.54, 1.807) is 24.3 Å². The number of aromatic nitrogens is 2. The van der Waals surface area contributed by atoms with Gasteiger partial charge in [-0.15, -0.1) is 0 Å². The van der Waals surface area contributed by atoms with E-state index in [2.05, 4.69) is 9.72 Å². The molecule has 1 heterocycles. The average Bonchev–Trinajstić information content (AvgIpc) is 2.76. The van der Waals surface area contributed by atoms with Gasteiger partial charge >= 0.3 is 11.7 Å². The fourth-order valence-corrected chi connectivity index (χ4v) is 2.90. The molecule has 0 atom stereocenters. The molecule has 0 aliphatic heterocycles. The van der Waals surface area contributed by atoms with E-state index in [1.165, 1.54) is 35.8 Å². The molecular weight excluding hydrogens is 404 g/mol. The van der Waals surface area contributed by atoms with Gasteiger partial charge in [-0.05, 0) is 30.2 Å². The highest BCUT2D eigenvalue weighted by Gasteiger charge is 2.22. The zero-order chi connectivity index (χ0) is 23.0. The van der Waals surface area contributed by atoms with Crippen LogP contribution in [0.25, 0.3) is 6.08 Å². The van der Waals surface area contributed by atoms with E-state index >= 15 is 0 Å². The Hall–Kier alpha value is -3.66. The fraction of sp³-hybridized carbons (Fsp3) is 0.333. The van der Waals surface area contributed by atoms with Gasteiger partial charge in [0.2, 0.25) is 0 Å². The van der Waals surface area contributed by atoms with Crippen LogP contribution in [0, 0.1) is 0 Å². The number of aromatic amines is 1. The van der Waals surface area contributed by atoms with Crippen molar-refractivity contribution in [3.63, 3.8) is 0 Å². The molecule has 0 spiro atoms. The maximum Gasteiger partial charge on any atom is 0.337 e. The molecule has 1 aromatic heterocycles. The molecule has 10 nitrogen and oxygen atoms in total. The number of H-pyrrole nitrogens is 1. The van der Waals surface area contributed by atoms with Crippen LogP contribution < -0.4 is 21.9 Å². The third kappa shape index (κ3) is 5.70. The van der Waals surface area contributed by atoms with E-state index in [9.17, 15) is 19.2 Å². The number of nitrogens with two attached hydrogens (primary N) is 1. The highest BCUT2D eigenvalue weighted by atomic mass is 16.5. The summed E-state index contributed by atoms with van der Waals surface area (Å²) in [6, 6.07) is 6.44. The minimum atomic E-state index is -0.755. The summed E-state index contributed by atoms with van der Waals surface area (Å²) in [4.78, 5) is 52.4. The number of nitrogens with zero attached hydrogens (tertiary/aromatic N) is 2. The maximum atomic E-state index is 12.9. The smallest absolute Gasteiger partial charge is 0.337 e. The monoisotopic (exact) mass is 430 g/mol. The lowest BCUT2D eigenvalue weighted by atomic mass is 10.1. The highest BCUT2D eigenvalue weighted by molar-refractivity contribution is 6.05. The summed E-state index contributed by atoms with van der Waals surface area (Å²) < 4.78 is 10.9. The van der Waals surface area contributed by atoms with Crippen molar-refractivity contribution >= 4 is 29.5 Å². The summed E-state index contributed by atoms with van der Waals surface area (Å²) in [5.41, 5.74) is 5.63. The number of ether oxygens (including phenoxy) is 2. The van der Waals surface area contributed by atoms with Crippen LogP contribution in [0.4, 0.5) is 11.5 Å². The molecule has 2 aromatic rings. The SMILES string of the molecule is CCCn1c(N)c(N(CCOC)C(=O)/C=C/c2ccc(C(=O)OC)cc2)c(=O)[nH]c1=O. The Morgan fingerprint density at radius 2 is 1.87 bits per heavy atom. The van der Waals surface area contributed by atoms with Gasteiger partial charge in [-0.2, -0.15) is 0 Å². The summed E-state index contributed by atoms with van der Waals surface area (Å²) in [5, 5.41) is 0. The van der Waals surface area contributed by atoms with Gasteiger partial charge in [-0.3, -0.25) is 24.0 Å². The lowest BCUT2D eigenvalue weighted by Gasteiger charge is -2.23. The Balaban J connectivity index is 2.38. The van der Waals surface area contributed by atoms with Gasteiger partial charge in [0.25, 0.3) is 11.5 Å². The summed E-state index contributed by atoms with van der Waals surface area (Å²) in [7, 11) is 2.76.